The van der Waals surface area contributed by atoms with Crippen LogP contribution in [0.25, 0.3) is 0 Å². The van der Waals surface area contributed by atoms with Crippen molar-refractivity contribution in [2.45, 2.75) is 33.4 Å². The Hall–Kier alpha value is -0.733. The van der Waals surface area contributed by atoms with Crippen LogP contribution in [-0.2, 0) is 6.42 Å². The van der Waals surface area contributed by atoms with Gasteiger partial charge in [0.1, 0.15) is 5.75 Å². The van der Waals surface area contributed by atoms with Crippen LogP contribution in [0.2, 0.25) is 18.1 Å². The zero-order chi connectivity index (χ0) is 12.3. The average Bonchev–Trinajstić information content (AvgIpc) is 2.20. The first-order chi connectivity index (χ1) is 7.47. The molecular weight excluding hydrogens is 236 g/mol. The molecule has 0 aromatic heterocycles. The molecule has 87 valence electrons. The molecule has 0 N–H and O–H groups in total. The molecule has 0 saturated carbocycles. The molecule has 16 heavy (non-hydrogen) atoms. The molecule has 0 aliphatic carbocycles. The molecule has 1 aromatic rings. The predicted octanol–water partition coefficient (Wildman–Crippen LogP) is 4.32. The normalized spacial score (nSPS) is 10.6. The van der Waals surface area contributed by atoms with Gasteiger partial charge >= 0.3 is 0 Å². The van der Waals surface area contributed by atoms with E-state index in [4.69, 9.17) is 16.0 Å². The molecule has 0 amide bonds. The number of halogens is 1. The molecule has 0 bridgehead atoms. The summed E-state index contributed by atoms with van der Waals surface area (Å²) >= 11 is 6.25. The van der Waals surface area contributed by atoms with E-state index in [0.29, 0.717) is 0 Å². The van der Waals surface area contributed by atoms with Crippen LogP contribution in [-0.4, -0.2) is 9.04 Å². The highest BCUT2D eigenvalue weighted by atomic mass is 35.5. The summed E-state index contributed by atoms with van der Waals surface area (Å²) in [4.78, 5) is 0. The number of hydrogen-bond donors (Lipinski definition) is 0. The minimum absolute atomic E-state index is 0.750. The van der Waals surface area contributed by atoms with Crippen LogP contribution >= 0.6 is 11.6 Å². The molecule has 1 rings (SSSR count). The number of benzene rings is 1. The molecule has 0 heterocycles. The van der Waals surface area contributed by atoms with E-state index in [0.717, 1.165) is 33.9 Å². The summed E-state index contributed by atoms with van der Waals surface area (Å²) in [6.07, 6.45) is 2.69. The standard InChI is InChI=1S/C13H18ClOSi/c1-6-7-11-10(3)13(14)9(2)8-12(11)15-16(4)5/h6,8H,1,7H2,2-5H3. The molecule has 0 saturated heterocycles. The number of rotatable bonds is 4. The Balaban J connectivity index is 3.28. The lowest BCUT2D eigenvalue weighted by Gasteiger charge is -2.17. The Labute approximate surface area is 105 Å². The van der Waals surface area contributed by atoms with Crippen molar-refractivity contribution in [3.8, 4) is 5.75 Å². The number of hydrogen-bond acceptors (Lipinski definition) is 1. The van der Waals surface area contributed by atoms with Crippen LogP contribution in [0.3, 0.4) is 0 Å². The summed E-state index contributed by atoms with van der Waals surface area (Å²) < 4.78 is 5.91. The highest BCUT2D eigenvalue weighted by Crippen LogP contribution is 2.32. The fourth-order valence-electron chi connectivity index (χ4n) is 1.67. The second-order valence-corrected chi connectivity index (χ2v) is 6.51. The third-order valence-corrected chi connectivity index (χ3v) is 3.65. The van der Waals surface area contributed by atoms with E-state index < -0.39 is 9.04 Å². The largest absolute Gasteiger partial charge is 0.542 e. The van der Waals surface area contributed by atoms with Gasteiger partial charge in [0.25, 0.3) is 9.04 Å². The highest BCUT2D eigenvalue weighted by molar-refractivity contribution is 6.49. The molecular formula is C13H18ClOSi. The SMILES string of the molecule is C=CCc1c(O[Si](C)C)cc(C)c(Cl)c1C. The van der Waals surface area contributed by atoms with E-state index in [1.165, 1.54) is 0 Å². The van der Waals surface area contributed by atoms with Crippen molar-refractivity contribution in [2.75, 3.05) is 0 Å². The van der Waals surface area contributed by atoms with Crippen LogP contribution in [0, 0.1) is 13.8 Å². The van der Waals surface area contributed by atoms with Crippen LogP contribution in [0.5, 0.6) is 5.75 Å². The molecule has 1 aromatic carbocycles. The molecule has 1 radical (unpaired) electrons. The number of aryl methyl sites for hydroxylation is 1. The lowest BCUT2D eigenvalue weighted by Crippen LogP contribution is -2.13. The van der Waals surface area contributed by atoms with Gasteiger partial charge in [0.2, 0.25) is 0 Å². The molecule has 1 nitrogen and oxygen atoms in total. The summed E-state index contributed by atoms with van der Waals surface area (Å²) in [5, 5.41) is 0.838. The molecule has 0 fully saturated rings. The third kappa shape index (κ3) is 2.89. The van der Waals surface area contributed by atoms with Crippen molar-refractivity contribution in [1.82, 2.24) is 0 Å². The fraction of sp³-hybridized carbons (Fsp3) is 0.385. The first-order valence-corrected chi connectivity index (χ1v) is 8.13. The smallest absolute Gasteiger partial charge is 0.274 e. The van der Waals surface area contributed by atoms with Crippen molar-refractivity contribution >= 4 is 20.6 Å². The zero-order valence-corrected chi connectivity index (χ0v) is 12.1. The van der Waals surface area contributed by atoms with Gasteiger partial charge in [0.15, 0.2) is 0 Å². The van der Waals surface area contributed by atoms with Gasteiger partial charge in [-0.05, 0) is 50.6 Å². The van der Waals surface area contributed by atoms with E-state index in [1.807, 2.05) is 26.0 Å². The van der Waals surface area contributed by atoms with Gasteiger partial charge < -0.3 is 4.43 Å². The maximum atomic E-state index is 6.25. The molecule has 3 heteroatoms. The van der Waals surface area contributed by atoms with Gasteiger partial charge in [-0.3, -0.25) is 0 Å². The Morgan fingerprint density at radius 2 is 2.06 bits per heavy atom. The molecule has 0 spiro atoms. The monoisotopic (exact) mass is 253 g/mol. The van der Waals surface area contributed by atoms with Gasteiger partial charge in [-0.15, -0.1) is 6.58 Å². The zero-order valence-electron chi connectivity index (χ0n) is 10.4. The minimum Gasteiger partial charge on any atom is -0.542 e. The Kier molecular flexibility index (Phi) is 4.63. The van der Waals surface area contributed by atoms with E-state index in [-0.39, 0.29) is 0 Å². The van der Waals surface area contributed by atoms with Crippen molar-refractivity contribution in [2.24, 2.45) is 0 Å². The molecule has 0 unspecified atom stereocenters. The third-order valence-electron chi connectivity index (χ3n) is 2.44. The molecule has 0 atom stereocenters. The second kappa shape index (κ2) is 5.55. The van der Waals surface area contributed by atoms with Gasteiger partial charge in [-0.2, -0.15) is 0 Å². The van der Waals surface area contributed by atoms with E-state index in [9.17, 15) is 0 Å². The highest BCUT2D eigenvalue weighted by Gasteiger charge is 2.13. The van der Waals surface area contributed by atoms with Crippen LogP contribution in [0.4, 0.5) is 0 Å². The maximum absolute atomic E-state index is 6.25. The quantitative estimate of drug-likeness (QED) is 0.574. The van der Waals surface area contributed by atoms with Crippen LogP contribution in [0.1, 0.15) is 16.7 Å². The van der Waals surface area contributed by atoms with Crippen molar-refractivity contribution in [3.63, 3.8) is 0 Å². The fourth-order valence-corrected chi connectivity index (χ4v) is 2.46. The summed E-state index contributed by atoms with van der Waals surface area (Å²) in [6.45, 7) is 12.1. The first-order valence-electron chi connectivity index (χ1n) is 5.34. The minimum atomic E-state index is -0.750. The van der Waals surface area contributed by atoms with E-state index in [1.54, 1.807) is 0 Å². The summed E-state index contributed by atoms with van der Waals surface area (Å²) in [5.74, 6) is 0.971. The Morgan fingerprint density at radius 3 is 2.56 bits per heavy atom. The van der Waals surface area contributed by atoms with Gasteiger partial charge in [0.05, 0.1) is 0 Å². The van der Waals surface area contributed by atoms with Crippen molar-refractivity contribution in [3.05, 3.63) is 40.4 Å². The predicted molar refractivity (Wildman–Crippen MR) is 72.9 cm³/mol. The van der Waals surface area contributed by atoms with E-state index >= 15 is 0 Å². The Bertz CT molecular complexity index is 399. The van der Waals surface area contributed by atoms with Gasteiger partial charge in [-0.25, -0.2) is 0 Å². The van der Waals surface area contributed by atoms with Crippen LogP contribution in [0.15, 0.2) is 18.7 Å². The molecule has 0 aliphatic heterocycles. The lowest BCUT2D eigenvalue weighted by atomic mass is 10.0. The van der Waals surface area contributed by atoms with Crippen molar-refractivity contribution < 1.29 is 4.43 Å². The van der Waals surface area contributed by atoms with Crippen LogP contribution < -0.4 is 4.43 Å². The Morgan fingerprint density at radius 1 is 1.44 bits per heavy atom. The average molecular weight is 254 g/mol. The first kappa shape index (κ1) is 13.3. The molecule has 0 aliphatic rings. The van der Waals surface area contributed by atoms with Crippen molar-refractivity contribution in [1.29, 1.82) is 0 Å². The lowest BCUT2D eigenvalue weighted by molar-refractivity contribution is 0.572. The van der Waals surface area contributed by atoms with Gasteiger partial charge in [-0.1, -0.05) is 17.7 Å². The summed E-state index contributed by atoms with van der Waals surface area (Å²) in [7, 11) is -0.750. The van der Waals surface area contributed by atoms with Gasteiger partial charge in [0, 0.05) is 10.6 Å². The topological polar surface area (TPSA) is 9.23 Å². The summed E-state index contributed by atoms with van der Waals surface area (Å²) in [6, 6.07) is 2.03. The summed E-state index contributed by atoms with van der Waals surface area (Å²) in [5.41, 5.74) is 3.35. The van der Waals surface area contributed by atoms with E-state index in [2.05, 4.69) is 19.7 Å². The maximum Gasteiger partial charge on any atom is 0.274 e. The number of allylic oxidation sites excluding steroid dienone is 1. The second-order valence-electron chi connectivity index (χ2n) is 4.11.